The fraction of sp³-hybridized carbons (Fsp3) is 0.538. The Bertz CT molecular complexity index is 439. The summed E-state index contributed by atoms with van der Waals surface area (Å²) in [6, 6.07) is 1.80. The van der Waals surface area contributed by atoms with Crippen LogP contribution >= 0.6 is 15.9 Å². The molecule has 18 heavy (non-hydrogen) atoms. The first-order chi connectivity index (χ1) is 8.61. The zero-order chi connectivity index (χ0) is 13.1. The average Bonchev–Trinajstić information content (AvgIpc) is 2.38. The third-order valence-electron chi connectivity index (χ3n) is 3.43. The molecule has 1 aromatic rings. The van der Waals surface area contributed by atoms with Gasteiger partial charge in [0.2, 0.25) is 0 Å². The summed E-state index contributed by atoms with van der Waals surface area (Å²) in [6.07, 6.45) is 4.38. The van der Waals surface area contributed by atoms with Crippen molar-refractivity contribution in [1.82, 2.24) is 9.88 Å². The van der Waals surface area contributed by atoms with Gasteiger partial charge < -0.3 is 9.64 Å². The van der Waals surface area contributed by atoms with Crippen LogP contribution in [0.1, 0.15) is 23.7 Å². The number of amides is 1. The monoisotopic (exact) mass is 312 g/mol. The summed E-state index contributed by atoms with van der Waals surface area (Å²) in [6.45, 7) is 3.60. The second-order valence-corrected chi connectivity index (χ2v) is 5.60. The number of rotatable bonds is 2. The van der Waals surface area contributed by atoms with Gasteiger partial charge >= 0.3 is 0 Å². The molecule has 0 saturated carbocycles. The van der Waals surface area contributed by atoms with Crippen LogP contribution in [-0.2, 0) is 4.74 Å². The molecule has 0 N–H and O–H groups in total. The van der Waals surface area contributed by atoms with E-state index in [1.54, 1.807) is 25.6 Å². The summed E-state index contributed by atoms with van der Waals surface area (Å²) in [7, 11) is 1.70. The van der Waals surface area contributed by atoms with E-state index in [2.05, 4.69) is 27.8 Å². The number of pyridine rings is 1. The Kier molecular flexibility index (Phi) is 4.35. The first kappa shape index (κ1) is 13.5. The van der Waals surface area contributed by atoms with Crippen molar-refractivity contribution in [3.05, 3.63) is 28.5 Å². The number of piperidine rings is 1. The Morgan fingerprint density at radius 3 is 3.00 bits per heavy atom. The van der Waals surface area contributed by atoms with E-state index in [0.717, 1.165) is 17.4 Å². The van der Waals surface area contributed by atoms with Gasteiger partial charge in [-0.1, -0.05) is 6.92 Å². The van der Waals surface area contributed by atoms with Gasteiger partial charge in [-0.25, -0.2) is 0 Å². The summed E-state index contributed by atoms with van der Waals surface area (Å²) in [4.78, 5) is 18.2. The molecule has 98 valence electrons. The molecular weight excluding hydrogens is 296 g/mol. The lowest BCUT2D eigenvalue weighted by Crippen LogP contribution is -2.46. The van der Waals surface area contributed by atoms with Crippen LogP contribution in [0.5, 0.6) is 0 Å². The maximum atomic E-state index is 12.3. The van der Waals surface area contributed by atoms with E-state index < -0.39 is 0 Å². The second-order valence-electron chi connectivity index (χ2n) is 4.68. The molecule has 0 aromatic carbocycles. The molecule has 1 aliphatic rings. The predicted octanol–water partition coefficient (Wildman–Crippen LogP) is 2.34. The van der Waals surface area contributed by atoms with Gasteiger partial charge in [0.05, 0.1) is 11.7 Å². The molecule has 1 aromatic heterocycles. The molecule has 2 unspecified atom stereocenters. The summed E-state index contributed by atoms with van der Waals surface area (Å²) >= 11 is 3.33. The number of ether oxygens (including phenoxy) is 1. The Balaban J connectivity index is 2.10. The number of methoxy groups -OCH3 is 1. The second kappa shape index (κ2) is 5.80. The van der Waals surface area contributed by atoms with Crippen molar-refractivity contribution >= 4 is 21.8 Å². The van der Waals surface area contributed by atoms with Crippen molar-refractivity contribution < 1.29 is 9.53 Å². The fourth-order valence-electron chi connectivity index (χ4n) is 2.24. The molecule has 2 rings (SSSR count). The van der Waals surface area contributed by atoms with E-state index in [1.165, 1.54) is 0 Å². The highest BCUT2D eigenvalue weighted by Crippen LogP contribution is 2.21. The minimum atomic E-state index is 0.0257. The molecule has 4 nitrogen and oxygen atoms in total. The van der Waals surface area contributed by atoms with Crippen molar-refractivity contribution in [1.29, 1.82) is 0 Å². The Morgan fingerprint density at radius 2 is 2.33 bits per heavy atom. The van der Waals surface area contributed by atoms with Crippen molar-refractivity contribution in [2.24, 2.45) is 5.92 Å². The smallest absolute Gasteiger partial charge is 0.255 e. The maximum Gasteiger partial charge on any atom is 0.255 e. The van der Waals surface area contributed by atoms with Crippen molar-refractivity contribution in [3.63, 3.8) is 0 Å². The Hall–Kier alpha value is -0.940. The molecule has 5 heteroatoms. The first-order valence-corrected chi connectivity index (χ1v) is 6.83. The van der Waals surface area contributed by atoms with Crippen LogP contribution in [0.3, 0.4) is 0 Å². The molecule has 2 atom stereocenters. The van der Waals surface area contributed by atoms with E-state index in [9.17, 15) is 4.79 Å². The Morgan fingerprint density at radius 1 is 1.56 bits per heavy atom. The predicted molar refractivity (Wildman–Crippen MR) is 72.4 cm³/mol. The van der Waals surface area contributed by atoms with Gasteiger partial charge in [-0.3, -0.25) is 9.78 Å². The van der Waals surface area contributed by atoms with E-state index in [0.29, 0.717) is 18.0 Å². The molecule has 1 saturated heterocycles. The summed E-state index contributed by atoms with van der Waals surface area (Å²) in [5, 5.41) is 0. The zero-order valence-corrected chi connectivity index (χ0v) is 12.2. The third-order valence-corrected chi connectivity index (χ3v) is 3.86. The number of carbonyl (C=O) groups is 1. The number of likely N-dealkylation sites (tertiary alicyclic amines) is 1. The fourth-order valence-corrected chi connectivity index (χ4v) is 2.60. The van der Waals surface area contributed by atoms with Crippen LogP contribution in [0.2, 0.25) is 0 Å². The number of aromatic nitrogens is 1. The van der Waals surface area contributed by atoms with Crippen molar-refractivity contribution in [3.8, 4) is 0 Å². The van der Waals surface area contributed by atoms with Gasteiger partial charge in [0.15, 0.2) is 0 Å². The molecule has 0 aliphatic carbocycles. The lowest BCUT2D eigenvalue weighted by Gasteiger charge is -2.36. The lowest BCUT2D eigenvalue weighted by atomic mass is 9.95. The van der Waals surface area contributed by atoms with Crippen molar-refractivity contribution in [2.75, 3.05) is 20.2 Å². The molecular formula is C13H17BrN2O2. The summed E-state index contributed by atoms with van der Waals surface area (Å²) in [5.41, 5.74) is 0.619. The number of hydrogen-bond donors (Lipinski definition) is 0. The summed E-state index contributed by atoms with van der Waals surface area (Å²) < 4.78 is 6.25. The maximum absolute atomic E-state index is 12.3. The van der Waals surface area contributed by atoms with Crippen LogP contribution in [-0.4, -0.2) is 42.1 Å². The molecule has 1 amide bonds. The van der Waals surface area contributed by atoms with E-state index in [1.807, 2.05) is 4.90 Å². The van der Waals surface area contributed by atoms with Crippen molar-refractivity contribution in [2.45, 2.75) is 19.4 Å². The molecule has 0 spiro atoms. The third kappa shape index (κ3) is 2.90. The lowest BCUT2D eigenvalue weighted by molar-refractivity contribution is -0.00158. The number of carbonyl (C=O) groups excluding carboxylic acids is 1. The highest BCUT2D eigenvalue weighted by molar-refractivity contribution is 9.10. The largest absolute Gasteiger partial charge is 0.379 e. The Labute approximate surface area is 115 Å². The van der Waals surface area contributed by atoms with E-state index in [-0.39, 0.29) is 12.0 Å². The van der Waals surface area contributed by atoms with E-state index in [4.69, 9.17) is 4.74 Å². The average molecular weight is 313 g/mol. The number of hydrogen-bond acceptors (Lipinski definition) is 3. The van der Waals surface area contributed by atoms with E-state index >= 15 is 0 Å². The van der Waals surface area contributed by atoms with Gasteiger partial charge in [0, 0.05) is 37.1 Å². The van der Waals surface area contributed by atoms with Crippen LogP contribution in [0.25, 0.3) is 0 Å². The number of halogens is 1. The van der Waals surface area contributed by atoms with Gasteiger partial charge in [0.1, 0.15) is 0 Å². The standard InChI is InChI=1S/C13H17BrN2O2/c1-9-3-4-16(8-12(9)18-2)13(17)10-5-11(14)7-15-6-10/h5-7,9,12H,3-4,8H2,1-2H3. The molecule has 1 aliphatic heterocycles. The molecule has 0 bridgehead atoms. The molecule has 1 fully saturated rings. The normalized spacial score (nSPS) is 24.1. The minimum absolute atomic E-state index is 0.0257. The van der Waals surface area contributed by atoms with Gasteiger partial charge in [-0.2, -0.15) is 0 Å². The minimum Gasteiger partial charge on any atom is -0.379 e. The van der Waals surface area contributed by atoms with Crippen LogP contribution in [0.4, 0.5) is 0 Å². The SMILES string of the molecule is COC1CN(C(=O)c2cncc(Br)c2)CCC1C. The van der Waals surface area contributed by atoms with Gasteiger partial charge in [-0.15, -0.1) is 0 Å². The first-order valence-electron chi connectivity index (χ1n) is 6.04. The van der Waals surface area contributed by atoms with Crippen LogP contribution in [0.15, 0.2) is 22.9 Å². The highest BCUT2D eigenvalue weighted by atomic mass is 79.9. The van der Waals surface area contributed by atoms with Crippen LogP contribution < -0.4 is 0 Å². The highest BCUT2D eigenvalue weighted by Gasteiger charge is 2.29. The van der Waals surface area contributed by atoms with Gasteiger partial charge in [0.25, 0.3) is 5.91 Å². The summed E-state index contributed by atoms with van der Waals surface area (Å²) in [5.74, 6) is 0.525. The quantitative estimate of drug-likeness (QED) is 0.842. The number of nitrogens with zero attached hydrogens (tertiary/aromatic N) is 2. The molecule has 0 radical (unpaired) electrons. The van der Waals surface area contributed by atoms with Crippen LogP contribution in [0, 0.1) is 5.92 Å². The zero-order valence-electron chi connectivity index (χ0n) is 10.6. The molecule has 2 heterocycles. The topological polar surface area (TPSA) is 42.4 Å². The van der Waals surface area contributed by atoms with Gasteiger partial charge in [-0.05, 0) is 34.3 Å².